The predicted molar refractivity (Wildman–Crippen MR) is 144 cm³/mol. The van der Waals surface area contributed by atoms with Gasteiger partial charge in [0, 0.05) is 5.56 Å². The van der Waals surface area contributed by atoms with Gasteiger partial charge in [-0.2, -0.15) is 0 Å². The van der Waals surface area contributed by atoms with Crippen molar-refractivity contribution in [3.05, 3.63) is 48.5 Å². The number of fused-ring (bicyclic) bond motifs is 3. The molecule has 37 heavy (non-hydrogen) atoms. The van der Waals surface area contributed by atoms with Gasteiger partial charge in [0.2, 0.25) is 0 Å². The van der Waals surface area contributed by atoms with Crippen LogP contribution in [0.15, 0.2) is 48.5 Å². The highest BCUT2D eigenvalue weighted by Gasteiger charge is 2.41. The highest BCUT2D eigenvalue weighted by Crippen LogP contribution is 2.57. The SMILES string of the molecule is CCC(C)COc1nc(OCC(C)CC)nc(OCC(C)P2(=O)Oc3ccccc3-c3ccccc32)n1. The van der Waals surface area contributed by atoms with Crippen molar-refractivity contribution in [3.63, 3.8) is 0 Å². The molecular formula is C28H36N3O5P. The minimum absolute atomic E-state index is 0.0671. The van der Waals surface area contributed by atoms with Crippen LogP contribution < -0.4 is 24.0 Å². The maximum Gasteiger partial charge on any atom is 0.325 e. The summed E-state index contributed by atoms with van der Waals surface area (Å²) >= 11 is 0. The molecule has 9 heteroatoms. The lowest BCUT2D eigenvalue weighted by molar-refractivity contribution is 0.201. The van der Waals surface area contributed by atoms with E-state index in [0.29, 0.717) is 36.1 Å². The summed E-state index contributed by atoms with van der Waals surface area (Å²) in [5.74, 6) is 1.31. The maximum atomic E-state index is 14.3. The van der Waals surface area contributed by atoms with E-state index in [1.807, 2.05) is 55.5 Å². The average molecular weight is 526 g/mol. The summed E-state index contributed by atoms with van der Waals surface area (Å²) in [6, 6.07) is 15.7. The Balaban J connectivity index is 1.54. The summed E-state index contributed by atoms with van der Waals surface area (Å²) < 4.78 is 38.0. The lowest BCUT2D eigenvalue weighted by Gasteiger charge is -2.32. The number of rotatable bonds is 12. The summed E-state index contributed by atoms with van der Waals surface area (Å²) in [6.07, 6.45) is 1.95. The van der Waals surface area contributed by atoms with Gasteiger partial charge in [-0.05, 0) is 36.5 Å². The molecule has 1 aliphatic rings. The molecule has 2 aromatic carbocycles. The fourth-order valence-electron chi connectivity index (χ4n) is 3.74. The van der Waals surface area contributed by atoms with Crippen molar-refractivity contribution in [1.29, 1.82) is 0 Å². The first-order valence-corrected chi connectivity index (χ1v) is 14.7. The van der Waals surface area contributed by atoms with Crippen LogP contribution in [0.3, 0.4) is 0 Å². The molecule has 0 fully saturated rings. The molecule has 198 valence electrons. The van der Waals surface area contributed by atoms with Gasteiger partial charge in [-0.25, -0.2) is 0 Å². The number of ether oxygens (including phenoxy) is 3. The van der Waals surface area contributed by atoms with E-state index in [2.05, 4.69) is 42.6 Å². The van der Waals surface area contributed by atoms with Crippen LogP contribution in [0, 0.1) is 11.8 Å². The summed E-state index contributed by atoms with van der Waals surface area (Å²) in [5, 5.41) is 0.690. The Morgan fingerprint density at radius 2 is 1.22 bits per heavy atom. The monoisotopic (exact) mass is 525 g/mol. The topological polar surface area (TPSA) is 92.7 Å². The molecule has 2 heterocycles. The van der Waals surface area contributed by atoms with Crippen molar-refractivity contribution in [2.24, 2.45) is 11.8 Å². The van der Waals surface area contributed by atoms with E-state index in [1.54, 1.807) is 0 Å². The van der Waals surface area contributed by atoms with Gasteiger partial charge >= 0.3 is 18.0 Å². The molecule has 0 bridgehead atoms. The molecular weight excluding hydrogens is 489 g/mol. The zero-order valence-corrected chi connectivity index (χ0v) is 23.1. The Morgan fingerprint density at radius 1 is 0.730 bits per heavy atom. The van der Waals surface area contributed by atoms with Crippen molar-refractivity contribution < 1.29 is 23.3 Å². The van der Waals surface area contributed by atoms with E-state index in [-0.39, 0.29) is 24.6 Å². The van der Waals surface area contributed by atoms with Crippen LogP contribution in [0.5, 0.6) is 23.8 Å². The van der Waals surface area contributed by atoms with E-state index in [9.17, 15) is 4.57 Å². The third-order valence-electron chi connectivity index (χ3n) is 6.65. The first-order chi connectivity index (χ1) is 17.8. The smallest absolute Gasteiger partial charge is 0.325 e. The van der Waals surface area contributed by atoms with Crippen LogP contribution in [-0.4, -0.2) is 40.4 Å². The van der Waals surface area contributed by atoms with E-state index in [1.165, 1.54) is 0 Å². The molecule has 0 amide bonds. The first kappa shape index (κ1) is 26.9. The number of benzene rings is 2. The standard InChI is InChI=1S/C28H36N3O5P/c1-6-19(3)16-33-26-29-27(34-17-20(4)7-2)31-28(30-26)35-18-21(5)37(32)25-15-11-9-13-23(25)22-12-8-10-14-24(22)36-37/h8-15,19-21H,6-7,16-18H2,1-5H3. The van der Waals surface area contributed by atoms with Crippen LogP contribution in [0.1, 0.15) is 47.5 Å². The van der Waals surface area contributed by atoms with Gasteiger partial charge in [0.05, 0.1) is 24.2 Å². The number of hydrogen-bond acceptors (Lipinski definition) is 8. The van der Waals surface area contributed by atoms with Crippen molar-refractivity contribution >= 4 is 12.7 Å². The van der Waals surface area contributed by atoms with Gasteiger partial charge in [0.1, 0.15) is 12.4 Å². The van der Waals surface area contributed by atoms with Gasteiger partial charge in [-0.1, -0.05) is 76.9 Å². The molecule has 0 saturated carbocycles. The van der Waals surface area contributed by atoms with E-state index in [4.69, 9.17) is 18.7 Å². The predicted octanol–water partition coefficient (Wildman–Crippen LogP) is 6.15. The van der Waals surface area contributed by atoms with Crippen molar-refractivity contribution in [3.8, 4) is 34.9 Å². The molecule has 4 unspecified atom stereocenters. The Bertz CT molecular complexity index is 1220. The maximum absolute atomic E-state index is 14.3. The third-order valence-corrected chi connectivity index (χ3v) is 9.49. The molecule has 8 nitrogen and oxygen atoms in total. The van der Waals surface area contributed by atoms with Crippen molar-refractivity contribution in [1.82, 2.24) is 15.0 Å². The highest BCUT2D eigenvalue weighted by atomic mass is 31.2. The minimum Gasteiger partial charge on any atom is -0.463 e. The molecule has 0 radical (unpaired) electrons. The van der Waals surface area contributed by atoms with E-state index < -0.39 is 13.0 Å². The van der Waals surface area contributed by atoms with E-state index in [0.717, 1.165) is 24.0 Å². The fourth-order valence-corrected chi connectivity index (χ4v) is 6.04. The zero-order valence-electron chi connectivity index (χ0n) is 22.2. The van der Waals surface area contributed by atoms with Crippen LogP contribution >= 0.6 is 7.37 Å². The Kier molecular flexibility index (Phi) is 8.70. The van der Waals surface area contributed by atoms with Gasteiger partial charge in [0.15, 0.2) is 0 Å². The summed E-state index contributed by atoms with van der Waals surface area (Å²) in [7, 11) is -3.31. The molecule has 3 aromatic rings. The lowest BCUT2D eigenvalue weighted by atomic mass is 10.0. The number of aromatic nitrogens is 3. The quantitative estimate of drug-likeness (QED) is 0.260. The van der Waals surface area contributed by atoms with Gasteiger partial charge < -0.3 is 18.7 Å². The zero-order chi connectivity index (χ0) is 26.4. The number of nitrogens with zero attached hydrogens (tertiary/aromatic N) is 3. The van der Waals surface area contributed by atoms with Gasteiger partial charge in [-0.3, -0.25) is 4.57 Å². The summed E-state index contributed by atoms with van der Waals surface area (Å²) in [4.78, 5) is 13.0. The largest absolute Gasteiger partial charge is 0.463 e. The molecule has 0 saturated heterocycles. The molecule has 4 rings (SSSR count). The first-order valence-electron chi connectivity index (χ1n) is 13.0. The Hall–Kier alpha value is -3.12. The second-order valence-electron chi connectivity index (χ2n) is 9.69. The minimum atomic E-state index is -3.31. The Labute approximate surface area is 219 Å². The molecule has 1 aromatic heterocycles. The second kappa shape index (κ2) is 12.0. The van der Waals surface area contributed by atoms with E-state index >= 15 is 0 Å². The number of hydrogen-bond donors (Lipinski definition) is 0. The third kappa shape index (κ3) is 6.24. The average Bonchev–Trinajstić information content (AvgIpc) is 2.93. The van der Waals surface area contributed by atoms with Crippen molar-refractivity contribution in [2.45, 2.75) is 53.1 Å². The van der Waals surface area contributed by atoms with Crippen LogP contribution in [0.4, 0.5) is 0 Å². The lowest BCUT2D eigenvalue weighted by Crippen LogP contribution is -2.28. The normalized spacial score (nSPS) is 18.5. The van der Waals surface area contributed by atoms with Crippen LogP contribution in [0.2, 0.25) is 0 Å². The van der Waals surface area contributed by atoms with Gasteiger partial charge in [0.25, 0.3) is 7.37 Å². The highest BCUT2D eigenvalue weighted by molar-refractivity contribution is 7.68. The van der Waals surface area contributed by atoms with Gasteiger partial charge in [-0.15, -0.1) is 15.0 Å². The van der Waals surface area contributed by atoms with Crippen molar-refractivity contribution in [2.75, 3.05) is 19.8 Å². The second-order valence-corrected chi connectivity index (χ2v) is 12.4. The fraction of sp³-hybridized carbons (Fsp3) is 0.464. The number of para-hydroxylation sites is 1. The Morgan fingerprint density at radius 3 is 1.78 bits per heavy atom. The molecule has 1 aliphatic heterocycles. The van der Waals surface area contributed by atoms with Crippen LogP contribution in [0.25, 0.3) is 11.1 Å². The molecule has 0 aliphatic carbocycles. The summed E-state index contributed by atoms with van der Waals surface area (Å²) in [5.41, 5.74) is 1.38. The summed E-state index contributed by atoms with van der Waals surface area (Å²) in [6.45, 7) is 11.3. The molecule has 0 N–H and O–H groups in total. The molecule has 4 atom stereocenters. The molecule has 0 spiro atoms. The van der Waals surface area contributed by atoms with Crippen LogP contribution in [-0.2, 0) is 4.57 Å².